The highest BCUT2D eigenvalue weighted by atomic mass is 16.3. The quantitative estimate of drug-likeness (QED) is 0.445. The third kappa shape index (κ3) is 2.25. The van der Waals surface area contributed by atoms with E-state index in [0.717, 1.165) is 11.1 Å². The van der Waals surface area contributed by atoms with Gasteiger partial charge in [-0.15, -0.1) is 0 Å². The highest BCUT2D eigenvalue weighted by Crippen LogP contribution is 2.19. The summed E-state index contributed by atoms with van der Waals surface area (Å²) < 4.78 is 0. The summed E-state index contributed by atoms with van der Waals surface area (Å²) in [5.41, 5.74) is 11.5. The van der Waals surface area contributed by atoms with Crippen molar-refractivity contribution in [3.8, 4) is 0 Å². The molecule has 0 aliphatic carbocycles. The summed E-state index contributed by atoms with van der Waals surface area (Å²) in [6.45, 7) is 3.84. The normalized spacial score (nSPS) is 11.9. The molecule has 14 heavy (non-hydrogen) atoms. The summed E-state index contributed by atoms with van der Waals surface area (Å²) >= 11 is 0. The molecule has 0 fully saturated rings. The van der Waals surface area contributed by atoms with E-state index >= 15 is 0 Å². The molecule has 1 unspecified atom stereocenters. The van der Waals surface area contributed by atoms with Crippen molar-refractivity contribution in [3.05, 3.63) is 45.3 Å². The minimum Gasteiger partial charge on any atom is -0.396 e. The second-order valence-electron chi connectivity index (χ2n) is 3.25. The van der Waals surface area contributed by atoms with Crippen molar-refractivity contribution in [2.24, 2.45) is 5.11 Å². The van der Waals surface area contributed by atoms with E-state index in [-0.39, 0.29) is 6.61 Å². The standard InChI is InChI=1S/C10H13N3O/c1-7-3-4-9(5-8(7)2)10(6-14)12-13-11/h3-5,10,14H,6H2,1-2H3. The number of aliphatic hydroxyl groups is 1. The molecule has 0 saturated heterocycles. The Kier molecular flexibility index (Phi) is 3.51. The number of hydrogen-bond acceptors (Lipinski definition) is 2. The molecule has 0 bridgehead atoms. The van der Waals surface area contributed by atoms with Crippen LogP contribution in [-0.2, 0) is 0 Å². The number of rotatable bonds is 3. The van der Waals surface area contributed by atoms with Crippen molar-refractivity contribution in [2.75, 3.05) is 6.61 Å². The first-order chi connectivity index (χ1) is 6.69. The van der Waals surface area contributed by atoms with Gasteiger partial charge < -0.3 is 5.11 Å². The summed E-state index contributed by atoms with van der Waals surface area (Å²) in [6, 6.07) is 5.29. The predicted molar refractivity (Wildman–Crippen MR) is 54.9 cm³/mol. The van der Waals surface area contributed by atoms with Gasteiger partial charge in [-0.05, 0) is 36.1 Å². The zero-order valence-corrected chi connectivity index (χ0v) is 8.31. The van der Waals surface area contributed by atoms with Crippen molar-refractivity contribution < 1.29 is 5.11 Å². The Hall–Kier alpha value is -1.51. The molecule has 0 aliphatic rings. The van der Waals surface area contributed by atoms with Crippen LogP contribution in [0.1, 0.15) is 22.7 Å². The summed E-state index contributed by atoms with van der Waals surface area (Å²) in [7, 11) is 0. The third-order valence-electron chi connectivity index (χ3n) is 2.28. The molecule has 1 N–H and O–H groups in total. The molecule has 1 aromatic rings. The van der Waals surface area contributed by atoms with Crippen molar-refractivity contribution in [3.63, 3.8) is 0 Å². The van der Waals surface area contributed by atoms with Crippen LogP contribution in [0.25, 0.3) is 10.4 Å². The van der Waals surface area contributed by atoms with E-state index in [1.807, 2.05) is 32.0 Å². The second kappa shape index (κ2) is 4.65. The largest absolute Gasteiger partial charge is 0.396 e. The van der Waals surface area contributed by atoms with E-state index < -0.39 is 6.04 Å². The van der Waals surface area contributed by atoms with Crippen LogP contribution >= 0.6 is 0 Å². The van der Waals surface area contributed by atoms with Gasteiger partial charge in [0.1, 0.15) is 0 Å². The molecule has 0 aliphatic heterocycles. The van der Waals surface area contributed by atoms with Crippen LogP contribution in [0.5, 0.6) is 0 Å². The highest BCUT2D eigenvalue weighted by Gasteiger charge is 2.08. The topological polar surface area (TPSA) is 69.0 Å². The number of aliphatic hydroxyl groups excluding tert-OH is 1. The summed E-state index contributed by atoms with van der Waals surface area (Å²) in [5, 5.41) is 12.5. The Morgan fingerprint density at radius 2 is 2.14 bits per heavy atom. The van der Waals surface area contributed by atoms with Crippen LogP contribution in [0.3, 0.4) is 0 Å². The number of hydrogen-bond donors (Lipinski definition) is 1. The number of nitrogens with zero attached hydrogens (tertiary/aromatic N) is 3. The van der Waals surface area contributed by atoms with Gasteiger partial charge in [-0.2, -0.15) is 0 Å². The molecule has 1 aromatic carbocycles. The van der Waals surface area contributed by atoms with E-state index in [9.17, 15) is 0 Å². The maximum atomic E-state index is 9.01. The van der Waals surface area contributed by atoms with Crippen molar-refractivity contribution in [1.82, 2.24) is 0 Å². The molecule has 0 aromatic heterocycles. The van der Waals surface area contributed by atoms with Crippen LogP contribution in [0.2, 0.25) is 0 Å². The molecule has 4 nitrogen and oxygen atoms in total. The Balaban J connectivity index is 3.05. The highest BCUT2D eigenvalue weighted by molar-refractivity contribution is 5.31. The van der Waals surface area contributed by atoms with Gasteiger partial charge in [-0.1, -0.05) is 23.3 Å². The third-order valence-corrected chi connectivity index (χ3v) is 2.28. The summed E-state index contributed by atoms with van der Waals surface area (Å²) in [4.78, 5) is 2.70. The number of aryl methyl sites for hydroxylation is 2. The molecule has 0 spiro atoms. The van der Waals surface area contributed by atoms with Crippen LogP contribution in [0.4, 0.5) is 0 Å². The van der Waals surface area contributed by atoms with E-state index in [0.29, 0.717) is 0 Å². The lowest BCUT2D eigenvalue weighted by molar-refractivity contribution is 0.268. The van der Waals surface area contributed by atoms with Gasteiger partial charge in [0.15, 0.2) is 0 Å². The van der Waals surface area contributed by atoms with Crippen LogP contribution in [0, 0.1) is 13.8 Å². The van der Waals surface area contributed by atoms with Gasteiger partial charge >= 0.3 is 0 Å². The Morgan fingerprint density at radius 1 is 1.43 bits per heavy atom. The fourth-order valence-electron chi connectivity index (χ4n) is 1.24. The summed E-state index contributed by atoms with van der Waals surface area (Å²) in [5.74, 6) is 0. The molecule has 1 atom stereocenters. The Morgan fingerprint density at radius 3 is 2.64 bits per heavy atom. The van der Waals surface area contributed by atoms with Gasteiger partial charge in [-0.3, -0.25) is 0 Å². The zero-order chi connectivity index (χ0) is 10.6. The SMILES string of the molecule is Cc1ccc(C(CO)N=[N+]=[N-])cc1C. The Labute approximate surface area is 82.8 Å². The average Bonchev–Trinajstić information content (AvgIpc) is 2.19. The second-order valence-corrected chi connectivity index (χ2v) is 3.25. The van der Waals surface area contributed by atoms with Gasteiger partial charge in [0, 0.05) is 4.91 Å². The van der Waals surface area contributed by atoms with Gasteiger partial charge in [0.05, 0.1) is 12.6 Å². The van der Waals surface area contributed by atoms with Gasteiger partial charge in [0.25, 0.3) is 0 Å². The first-order valence-electron chi connectivity index (χ1n) is 4.41. The minimum atomic E-state index is -0.473. The molecule has 1 rings (SSSR count). The minimum absolute atomic E-state index is 0.160. The first-order valence-corrected chi connectivity index (χ1v) is 4.41. The average molecular weight is 191 g/mol. The number of benzene rings is 1. The molecular formula is C10H13N3O. The van der Waals surface area contributed by atoms with Gasteiger partial charge in [0.2, 0.25) is 0 Å². The zero-order valence-electron chi connectivity index (χ0n) is 8.31. The van der Waals surface area contributed by atoms with Crippen LogP contribution < -0.4 is 0 Å². The fraction of sp³-hybridized carbons (Fsp3) is 0.400. The molecular weight excluding hydrogens is 178 g/mol. The smallest absolute Gasteiger partial charge is 0.0856 e. The van der Waals surface area contributed by atoms with Gasteiger partial charge in [-0.25, -0.2) is 0 Å². The maximum absolute atomic E-state index is 9.01. The van der Waals surface area contributed by atoms with E-state index in [1.54, 1.807) is 0 Å². The fourth-order valence-corrected chi connectivity index (χ4v) is 1.24. The van der Waals surface area contributed by atoms with Crippen molar-refractivity contribution in [2.45, 2.75) is 19.9 Å². The molecule has 0 saturated carbocycles. The Bertz CT molecular complexity index is 370. The number of azide groups is 1. The van der Waals surface area contributed by atoms with Crippen molar-refractivity contribution >= 4 is 0 Å². The molecule has 0 radical (unpaired) electrons. The molecule has 0 amide bonds. The van der Waals surface area contributed by atoms with E-state index in [4.69, 9.17) is 10.6 Å². The van der Waals surface area contributed by atoms with Crippen LogP contribution in [-0.4, -0.2) is 11.7 Å². The lowest BCUT2D eigenvalue weighted by Crippen LogP contribution is -2.00. The molecule has 4 heteroatoms. The maximum Gasteiger partial charge on any atom is 0.0856 e. The van der Waals surface area contributed by atoms with Crippen molar-refractivity contribution in [1.29, 1.82) is 0 Å². The lowest BCUT2D eigenvalue weighted by atomic mass is 10.0. The lowest BCUT2D eigenvalue weighted by Gasteiger charge is -2.09. The molecule has 0 heterocycles. The van der Waals surface area contributed by atoms with E-state index in [1.165, 1.54) is 5.56 Å². The first kappa shape index (κ1) is 10.6. The monoisotopic (exact) mass is 191 g/mol. The van der Waals surface area contributed by atoms with Crippen LogP contribution in [0.15, 0.2) is 23.3 Å². The predicted octanol–water partition coefficient (Wildman–Crippen LogP) is 2.65. The molecule has 74 valence electrons. The van der Waals surface area contributed by atoms with E-state index in [2.05, 4.69) is 10.0 Å². The summed E-state index contributed by atoms with van der Waals surface area (Å²) in [6.07, 6.45) is 0.